The maximum Gasteiger partial charge on any atom is 0.412 e. The third kappa shape index (κ3) is 5.33. The number of benzene rings is 2. The van der Waals surface area contributed by atoms with E-state index in [1.807, 2.05) is 36.4 Å². The molecule has 1 aromatic heterocycles. The molecule has 1 unspecified atom stereocenters. The normalized spacial score (nSPS) is 13.0. The van der Waals surface area contributed by atoms with Crippen molar-refractivity contribution in [2.24, 2.45) is 7.05 Å². The highest BCUT2D eigenvalue weighted by Crippen LogP contribution is 2.44. The minimum Gasteiger partial charge on any atom is -0.481 e. The fourth-order valence-corrected chi connectivity index (χ4v) is 4.21. The molecule has 182 valence electrons. The van der Waals surface area contributed by atoms with Crippen LogP contribution < -0.4 is 10.6 Å². The molecule has 0 spiro atoms. The van der Waals surface area contributed by atoms with Gasteiger partial charge < -0.3 is 19.9 Å². The van der Waals surface area contributed by atoms with Gasteiger partial charge in [-0.15, -0.1) is 0 Å². The Morgan fingerprint density at radius 2 is 1.71 bits per heavy atom. The third-order valence-electron chi connectivity index (χ3n) is 5.91. The molecule has 0 fully saturated rings. The van der Waals surface area contributed by atoms with Gasteiger partial charge in [-0.1, -0.05) is 48.5 Å². The van der Waals surface area contributed by atoms with Crippen LogP contribution in [0.25, 0.3) is 11.1 Å². The number of aryl methyl sites for hydroxylation is 1. The van der Waals surface area contributed by atoms with Crippen molar-refractivity contribution in [3.05, 3.63) is 71.4 Å². The molecular weight excluding hydrogens is 452 g/mol. The second kappa shape index (κ2) is 10.4. The van der Waals surface area contributed by atoms with E-state index in [4.69, 9.17) is 14.6 Å². The number of rotatable bonds is 9. The molecule has 3 N–H and O–H groups in total. The van der Waals surface area contributed by atoms with Gasteiger partial charge in [0.05, 0.1) is 12.5 Å². The van der Waals surface area contributed by atoms with Gasteiger partial charge in [0.25, 0.3) is 5.91 Å². The summed E-state index contributed by atoms with van der Waals surface area (Å²) in [4.78, 5) is 35.8. The number of carboxylic acids is 1. The zero-order chi connectivity index (χ0) is 24.9. The number of amides is 2. The molecule has 10 heteroatoms. The second-order valence-electron chi connectivity index (χ2n) is 8.15. The predicted molar refractivity (Wildman–Crippen MR) is 127 cm³/mol. The molecule has 2 amide bonds. The SMILES string of the molecule is COC(CNC(=O)c1cc(NC(=O)OCC2c3ccccc3-c3ccccc32)nn1C)CC(=O)O. The van der Waals surface area contributed by atoms with Crippen LogP contribution in [0.15, 0.2) is 54.6 Å². The van der Waals surface area contributed by atoms with Gasteiger partial charge in [-0.05, 0) is 22.3 Å². The lowest BCUT2D eigenvalue weighted by atomic mass is 9.98. The quantitative estimate of drug-likeness (QED) is 0.431. The van der Waals surface area contributed by atoms with Crippen LogP contribution >= 0.6 is 0 Å². The van der Waals surface area contributed by atoms with E-state index in [1.54, 1.807) is 7.05 Å². The summed E-state index contributed by atoms with van der Waals surface area (Å²) in [6, 6.07) is 17.5. The third-order valence-corrected chi connectivity index (χ3v) is 5.91. The lowest BCUT2D eigenvalue weighted by molar-refractivity contribution is -0.139. The first-order valence-corrected chi connectivity index (χ1v) is 11.1. The van der Waals surface area contributed by atoms with Crippen LogP contribution in [0.3, 0.4) is 0 Å². The molecule has 35 heavy (non-hydrogen) atoms. The number of nitrogens with zero attached hydrogens (tertiary/aromatic N) is 2. The Morgan fingerprint density at radius 1 is 1.09 bits per heavy atom. The van der Waals surface area contributed by atoms with Gasteiger partial charge >= 0.3 is 12.1 Å². The summed E-state index contributed by atoms with van der Waals surface area (Å²) in [5.74, 6) is -1.42. The van der Waals surface area contributed by atoms with Crippen molar-refractivity contribution in [1.82, 2.24) is 15.1 Å². The zero-order valence-electron chi connectivity index (χ0n) is 19.4. The Morgan fingerprint density at radius 3 is 2.31 bits per heavy atom. The number of ether oxygens (including phenoxy) is 2. The van der Waals surface area contributed by atoms with E-state index < -0.39 is 24.1 Å². The summed E-state index contributed by atoms with van der Waals surface area (Å²) in [5.41, 5.74) is 4.67. The van der Waals surface area contributed by atoms with Gasteiger partial charge in [0.15, 0.2) is 5.82 Å². The Balaban J connectivity index is 1.35. The van der Waals surface area contributed by atoms with Gasteiger partial charge in [-0.3, -0.25) is 19.6 Å². The number of aromatic nitrogens is 2. The number of carbonyl (C=O) groups is 3. The van der Waals surface area contributed by atoms with Crippen LogP contribution in [0.1, 0.15) is 34.0 Å². The monoisotopic (exact) mass is 478 g/mol. The first-order chi connectivity index (χ1) is 16.9. The number of methoxy groups -OCH3 is 1. The summed E-state index contributed by atoms with van der Waals surface area (Å²) >= 11 is 0. The zero-order valence-corrected chi connectivity index (χ0v) is 19.4. The average Bonchev–Trinajstić information content (AvgIpc) is 3.37. The van der Waals surface area contributed by atoms with Crippen molar-refractivity contribution < 1.29 is 29.0 Å². The van der Waals surface area contributed by atoms with Crippen molar-refractivity contribution in [2.45, 2.75) is 18.4 Å². The molecule has 2 aromatic carbocycles. The highest BCUT2D eigenvalue weighted by atomic mass is 16.5. The molecule has 1 atom stereocenters. The van der Waals surface area contributed by atoms with Crippen molar-refractivity contribution >= 4 is 23.8 Å². The molecule has 0 aliphatic heterocycles. The Labute approximate surface area is 201 Å². The number of hydrogen-bond acceptors (Lipinski definition) is 6. The largest absolute Gasteiger partial charge is 0.481 e. The molecule has 3 aromatic rings. The van der Waals surface area contributed by atoms with Gasteiger partial charge in [0.2, 0.25) is 0 Å². The first kappa shape index (κ1) is 24.0. The van der Waals surface area contributed by atoms with Gasteiger partial charge in [-0.25, -0.2) is 4.79 Å². The Hall–Kier alpha value is -4.18. The molecule has 10 nitrogen and oxygen atoms in total. The van der Waals surface area contributed by atoms with Crippen molar-refractivity contribution in [1.29, 1.82) is 0 Å². The molecule has 0 saturated heterocycles. The molecular formula is C25H26N4O6. The number of carbonyl (C=O) groups excluding carboxylic acids is 2. The molecule has 0 bridgehead atoms. The van der Waals surface area contributed by atoms with E-state index in [9.17, 15) is 14.4 Å². The van der Waals surface area contributed by atoms with Crippen LogP contribution in [0.4, 0.5) is 10.6 Å². The highest BCUT2D eigenvalue weighted by molar-refractivity contribution is 5.94. The minimum atomic E-state index is -1.03. The fourth-order valence-electron chi connectivity index (χ4n) is 4.21. The van der Waals surface area contributed by atoms with Gasteiger partial charge in [-0.2, -0.15) is 5.10 Å². The van der Waals surface area contributed by atoms with Crippen LogP contribution in [0, 0.1) is 0 Å². The van der Waals surface area contributed by atoms with Crippen LogP contribution in [-0.2, 0) is 21.3 Å². The first-order valence-electron chi connectivity index (χ1n) is 11.1. The number of anilines is 1. The minimum absolute atomic E-state index is 0.0158. The lowest BCUT2D eigenvalue weighted by Crippen LogP contribution is -2.35. The predicted octanol–water partition coefficient (Wildman–Crippen LogP) is 3.00. The van der Waals surface area contributed by atoms with E-state index >= 15 is 0 Å². The molecule has 4 rings (SSSR count). The van der Waals surface area contributed by atoms with E-state index in [2.05, 4.69) is 27.9 Å². The van der Waals surface area contributed by atoms with Gasteiger partial charge in [0, 0.05) is 32.7 Å². The Bertz CT molecular complexity index is 1210. The summed E-state index contributed by atoms with van der Waals surface area (Å²) in [7, 11) is 2.93. The van der Waals surface area contributed by atoms with Crippen molar-refractivity contribution in [2.75, 3.05) is 25.6 Å². The number of carboxylic acid groups (broad SMARTS) is 1. The molecule has 1 heterocycles. The molecule has 1 aliphatic carbocycles. The second-order valence-corrected chi connectivity index (χ2v) is 8.15. The number of hydrogen-bond donors (Lipinski definition) is 3. The standard InChI is InChI=1S/C25H26N4O6/c1-29-21(24(32)26-13-15(34-2)11-23(30)31)12-22(28-29)27-25(33)35-14-20-18-9-5-3-7-16(18)17-8-4-6-10-19(17)20/h3-10,12,15,20H,11,13-14H2,1-2H3,(H,26,32)(H,30,31)(H,27,28,33). The topological polar surface area (TPSA) is 132 Å². The fraction of sp³-hybridized carbons (Fsp3) is 0.280. The van der Waals surface area contributed by atoms with E-state index in [-0.39, 0.29) is 37.0 Å². The molecule has 0 saturated carbocycles. The molecule has 1 aliphatic rings. The number of nitrogens with one attached hydrogen (secondary N) is 2. The number of fused-ring (bicyclic) bond motifs is 3. The maximum atomic E-state index is 12.5. The van der Waals surface area contributed by atoms with Gasteiger partial charge in [0.1, 0.15) is 12.3 Å². The Kier molecular flexibility index (Phi) is 7.11. The highest BCUT2D eigenvalue weighted by Gasteiger charge is 2.29. The summed E-state index contributed by atoms with van der Waals surface area (Å²) in [6.07, 6.45) is -1.59. The average molecular weight is 479 g/mol. The summed E-state index contributed by atoms with van der Waals surface area (Å²) in [5, 5.41) is 18.2. The van der Waals surface area contributed by atoms with Crippen LogP contribution in [-0.4, -0.2) is 59.2 Å². The van der Waals surface area contributed by atoms with Crippen molar-refractivity contribution in [3.8, 4) is 11.1 Å². The maximum absolute atomic E-state index is 12.5. The lowest BCUT2D eigenvalue weighted by Gasteiger charge is -2.14. The molecule has 0 radical (unpaired) electrons. The van der Waals surface area contributed by atoms with E-state index in [0.29, 0.717) is 0 Å². The van der Waals surface area contributed by atoms with E-state index in [1.165, 1.54) is 17.9 Å². The summed E-state index contributed by atoms with van der Waals surface area (Å²) < 4.78 is 11.9. The number of aliphatic carboxylic acids is 1. The van der Waals surface area contributed by atoms with Crippen molar-refractivity contribution in [3.63, 3.8) is 0 Å². The smallest absolute Gasteiger partial charge is 0.412 e. The summed E-state index contributed by atoms with van der Waals surface area (Å²) in [6.45, 7) is 0.171. The van der Waals surface area contributed by atoms with Crippen LogP contribution in [0.5, 0.6) is 0 Å². The van der Waals surface area contributed by atoms with E-state index in [0.717, 1.165) is 22.3 Å². The van der Waals surface area contributed by atoms with Crippen LogP contribution in [0.2, 0.25) is 0 Å².